The predicted octanol–water partition coefficient (Wildman–Crippen LogP) is 4.75. The Morgan fingerprint density at radius 2 is 1.72 bits per heavy atom. The van der Waals surface area contributed by atoms with E-state index in [2.05, 4.69) is 5.32 Å². The first kappa shape index (κ1) is 27.6. The van der Waals surface area contributed by atoms with Crippen LogP contribution in [0.3, 0.4) is 0 Å². The van der Waals surface area contributed by atoms with Crippen LogP contribution in [0.25, 0.3) is 0 Å². The van der Waals surface area contributed by atoms with Gasteiger partial charge < -0.3 is 10.2 Å². The minimum absolute atomic E-state index is 0. The van der Waals surface area contributed by atoms with Crippen LogP contribution in [0.2, 0.25) is 0 Å². The van der Waals surface area contributed by atoms with Crippen LogP contribution in [0.1, 0.15) is 54.6 Å². The van der Waals surface area contributed by atoms with Gasteiger partial charge in [0.1, 0.15) is 16.5 Å². The summed E-state index contributed by atoms with van der Waals surface area (Å²) in [5.41, 5.74) is -0.694. The summed E-state index contributed by atoms with van der Waals surface area (Å²) in [5, 5.41) is 2.46. The van der Waals surface area contributed by atoms with Crippen molar-refractivity contribution >= 4 is 22.2 Å². The van der Waals surface area contributed by atoms with E-state index in [0.29, 0.717) is 25.6 Å². The van der Waals surface area contributed by atoms with Crippen LogP contribution in [-0.2, 0) is 20.8 Å². The number of alkyl halides is 3. The summed E-state index contributed by atoms with van der Waals surface area (Å²) in [7, 11) is -3.66. The van der Waals surface area contributed by atoms with Gasteiger partial charge in [-0.05, 0) is 61.9 Å². The molecule has 1 saturated carbocycles. The maximum Gasteiger partial charge on any atom is 0.416 e. The Labute approximate surface area is 206 Å². The Morgan fingerprint density at radius 1 is 1.08 bits per heavy atom. The molecule has 1 aliphatic carbocycles. The zero-order valence-corrected chi connectivity index (χ0v) is 20.1. The van der Waals surface area contributed by atoms with Gasteiger partial charge in [-0.2, -0.15) is 13.2 Å². The van der Waals surface area contributed by atoms with Gasteiger partial charge in [0.05, 0.1) is 11.6 Å². The highest BCUT2D eigenvalue weighted by Gasteiger charge is 2.36. The highest BCUT2D eigenvalue weighted by molar-refractivity contribution is 7.90. The lowest BCUT2D eigenvalue weighted by Crippen LogP contribution is -2.27. The van der Waals surface area contributed by atoms with E-state index in [1.54, 1.807) is 4.90 Å². The number of carbonyl (C=O) groups is 2. The molecule has 2 aromatic carbocycles. The van der Waals surface area contributed by atoms with Gasteiger partial charge in [0.25, 0.3) is 5.91 Å². The van der Waals surface area contributed by atoms with Crippen LogP contribution in [0, 0.1) is 17.6 Å². The summed E-state index contributed by atoms with van der Waals surface area (Å²) >= 11 is 0. The van der Waals surface area contributed by atoms with Crippen LogP contribution in [0.15, 0.2) is 41.3 Å². The SMILES string of the molecule is CS(=O)(=O)c1cc(C(=O)N2CCCC2)ccc1F.O=CN[C@@H](c1ccc(C(F)(F)F)cc1F)C1CC1.[HH]. The number of hydrogen-bond acceptors (Lipinski definition) is 4. The first-order valence-electron chi connectivity index (χ1n) is 11.2. The highest BCUT2D eigenvalue weighted by atomic mass is 32.2. The summed E-state index contributed by atoms with van der Waals surface area (Å²) in [6.07, 6.45) is 0.387. The van der Waals surface area contributed by atoms with E-state index in [-0.39, 0.29) is 24.4 Å². The van der Waals surface area contributed by atoms with Gasteiger partial charge in [0, 0.05) is 31.9 Å². The highest BCUT2D eigenvalue weighted by Crippen LogP contribution is 2.42. The van der Waals surface area contributed by atoms with Crippen LogP contribution in [-0.4, -0.2) is 45.0 Å². The van der Waals surface area contributed by atoms with Gasteiger partial charge in [0.15, 0.2) is 9.84 Å². The number of likely N-dealkylation sites (tertiary alicyclic amines) is 1. The lowest BCUT2D eigenvalue weighted by molar-refractivity contribution is -0.137. The smallest absolute Gasteiger partial charge is 0.351 e. The predicted molar refractivity (Wildman–Crippen MR) is 123 cm³/mol. The van der Waals surface area contributed by atoms with Crippen molar-refractivity contribution in [2.24, 2.45) is 5.92 Å². The van der Waals surface area contributed by atoms with Gasteiger partial charge in [-0.3, -0.25) is 9.59 Å². The monoisotopic (exact) mass is 534 g/mol. The minimum Gasteiger partial charge on any atom is -0.351 e. The quantitative estimate of drug-likeness (QED) is 0.428. The topological polar surface area (TPSA) is 83.6 Å². The molecule has 1 heterocycles. The molecule has 2 aromatic rings. The van der Waals surface area contributed by atoms with E-state index in [1.165, 1.54) is 6.07 Å². The molecule has 0 bridgehead atoms. The van der Waals surface area contributed by atoms with Gasteiger partial charge in [-0.15, -0.1) is 0 Å². The Bertz CT molecular complexity index is 1230. The lowest BCUT2D eigenvalue weighted by Gasteiger charge is -2.17. The molecular formula is C24H27F5N2O4S. The Hall–Kier alpha value is -3.02. The van der Waals surface area contributed by atoms with E-state index in [4.69, 9.17) is 0 Å². The third-order valence-corrected chi connectivity index (χ3v) is 7.09. The standard InChI is InChI=1S/C12H11F4NO.C12H14FNO3S.H2/c13-10-5-8(12(14,15)16)3-4-9(10)11(17-6-18)7-1-2-7;1-18(16,17)11-8-9(4-5-10(11)13)12(15)14-6-2-3-7-14;/h3-7,11H,1-2H2,(H,17,18);4-5,8H,2-3,6-7H2,1H3;1H/t11-;;/m1../s1. The molecule has 1 saturated heterocycles. The van der Waals surface area contributed by atoms with Crippen molar-refractivity contribution in [3.05, 3.63) is 64.7 Å². The fourth-order valence-electron chi connectivity index (χ4n) is 3.96. The molecule has 12 heteroatoms. The second-order valence-corrected chi connectivity index (χ2v) is 10.7. The van der Waals surface area contributed by atoms with Gasteiger partial charge >= 0.3 is 6.18 Å². The molecule has 1 N–H and O–H groups in total. The maximum atomic E-state index is 13.7. The van der Waals surface area contributed by atoms with Crippen molar-refractivity contribution in [3.8, 4) is 0 Å². The fraction of sp³-hybridized carbons (Fsp3) is 0.417. The number of rotatable bonds is 6. The zero-order valence-electron chi connectivity index (χ0n) is 19.3. The van der Waals surface area contributed by atoms with Crippen LogP contribution in [0.4, 0.5) is 22.0 Å². The second kappa shape index (κ2) is 10.9. The third kappa shape index (κ3) is 6.80. The molecule has 0 spiro atoms. The average Bonchev–Trinajstić information content (AvgIpc) is 3.49. The molecule has 36 heavy (non-hydrogen) atoms. The van der Waals surface area contributed by atoms with Gasteiger partial charge in [-0.1, -0.05) is 6.07 Å². The number of amides is 2. The number of benzene rings is 2. The van der Waals surface area contributed by atoms with E-state index < -0.39 is 44.1 Å². The van der Waals surface area contributed by atoms with Crippen LogP contribution >= 0.6 is 0 Å². The summed E-state index contributed by atoms with van der Waals surface area (Å²) in [6, 6.07) is 5.33. The molecular weight excluding hydrogens is 507 g/mol. The Morgan fingerprint density at radius 3 is 2.22 bits per heavy atom. The second-order valence-electron chi connectivity index (χ2n) is 8.75. The molecule has 1 aliphatic heterocycles. The van der Waals surface area contributed by atoms with Crippen molar-refractivity contribution in [2.45, 2.75) is 42.8 Å². The summed E-state index contributed by atoms with van der Waals surface area (Å²) in [6.45, 7) is 1.34. The zero-order chi connectivity index (χ0) is 26.7. The first-order valence-corrected chi connectivity index (χ1v) is 13.1. The third-order valence-electron chi connectivity index (χ3n) is 5.97. The molecule has 0 aromatic heterocycles. The van der Waals surface area contributed by atoms with E-state index >= 15 is 0 Å². The summed E-state index contributed by atoms with van der Waals surface area (Å²) in [5.74, 6) is -1.88. The van der Waals surface area contributed by atoms with E-state index in [0.717, 1.165) is 56.2 Å². The maximum absolute atomic E-state index is 13.7. The molecule has 6 nitrogen and oxygen atoms in total. The number of halogens is 5. The fourth-order valence-corrected chi connectivity index (χ4v) is 4.72. The number of carbonyl (C=O) groups excluding carboxylic acids is 2. The van der Waals surface area contributed by atoms with Crippen molar-refractivity contribution in [1.29, 1.82) is 0 Å². The van der Waals surface area contributed by atoms with E-state index in [9.17, 15) is 40.0 Å². The van der Waals surface area contributed by atoms with Crippen molar-refractivity contribution < 1.29 is 41.4 Å². The number of hydrogen-bond donors (Lipinski definition) is 1. The van der Waals surface area contributed by atoms with Crippen molar-refractivity contribution in [1.82, 2.24) is 10.2 Å². The van der Waals surface area contributed by atoms with Crippen molar-refractivity contribution in [3.63, 3.8) is 0 Å². The molecule has 2 aliphatic rings. The first-order chi connectivity index (χ1) is 16.8. The van der Waals surface area contributed by atoms with Crippen LogP contribution < -0.4 is 5.32 Å². The number of nitrogens with zero attached hydrogens (tertiary/aromatic N) is 1. The number of sulfone groups is 1. The average molecular weight is 535 g/mol. The van der Waals surface area contributed by atoms with Gasteiger partial charge in [-0.25, -0.2) is 17.2 Å². The molecule has 2 amide bonds. The Balaban J connectivity index is 0.000000253. The van der Waals surface area contributed by atoms with Crippen LogP contribution in [0.5, 0.6) is 0 Å². The summed E-state index contributed by atoms with van der Waals surface area (Å²) in [4.78, 5) is 23.7. The summed E-state index contributed by atoms with van der Waals surface area (Å²) < 4.78 is 87.0. The minimum atomic E-state index is -4.56. The normalized spacial score (nSPS) is 16.7. The molecule has 0 unspecified atom stereocenters. The van der Waals surface area contributed by atoms with E-state index in [1.807, 2.05) is 0 Å². The molecule has 4 rings (SSSR count). The molecule has 2 fully saturated rings. The lowest BCUT2D eigenvalue weighted by atomic mass is 10.00. The Kier molecular flexibility index (Phi) is 8.37. The molecule has 198 valence electrons. The van der Waals surface area contributed by atoms with Crippen molar-refractivity contribution in [2.75, 3.05) is 19.3 Å². The number of nitrogens with one attached hydrogen (secondary N) is 1. The largest absolute Gasteiger partial charge is 0.416 e. The molecule has 1 atom stereocenters. The molecule has 0 radical (unpaired) electrons. The van der Waals surface area contributed by atoms with Gasteiger partial charge in [0.2, 0.25) is 6.41 Å².